The molecule has 0 unspecified atom stereocenters. The highest BCUT2D eigenvalue weighted by atomic mass is 79.9. The first-order valence-electron chi connectivity index (χ1n) is 5.01. The Hall–Kier alpha value is -1.46. The average molecular weight is 306 g/mol. The Labute approximate surface area is 110 Å². The summed E-state index contributed by atoms with van der Waals surface area (Å²) in [6.45, 7) is 0. The quantitative estimate of drug-likeness (QED) is 0.746. The molecule has 0 fully saturated rings. The van der Waals surface area contributed by atoms with Crippen molar-refractivity contribution in [1.29, 1.82) is 0 Å². The van der Waals surface area contributed by atoms with Crippen molar-refractivity contribution in [1.82, 2.24) is 9.97 Å². The number of thiazole rings is 1. The SMILES string of the molecule is Nc1cccnc1-c1nc2ccc(Br)cc2s1. The van der Waals surface area contributed by atoms with Gasteiger partial charge in [0.05, 0.1) is 15.9 Å². The van der Waals surface area contributed by atoms with Crippen LogP contribution >= 0.6 is 27.3 Å². The van der Waals surface area contributed by atoms with Gasteiger partial charge in [0.1, 0.15) is 10.7 Å². The van der Waals surface area contributed by atoms with Crippen molar-refractivity contribution in [3.05, 3.63) is 41.0 Å². The minimum absolute atomic E-state index is 0.658. The largest absolute Gasteiger partial charge is 0.397 e. The Morgan fingerprint density at radius 2 is 2.12 bits per heavy atom. The van der Waals surface area contributed by atoms with Gasteiger partial charge in [-0.2, -0.15) is 0 Å². The lowest BCUT2D eigenvalue weighted by Gasteiger charge is -1.98. The molecule has 0 aliphatic carbocycles. The topological polar surface area (TPSA) is 51.8 Å². The van der Waals surface area contributed by atoms with Gasteiger partial charge in [0.15, 0.2) is 0 Å². The summed E-state index contributed by atoms with van der Waals surface area (Å²) in [5.41, 5.74) is 8.28. The van der Waals surface area contributed by atoms with Crippen molar-refractivity contribution in [2.75, 3.05) is 5.73 Å². The van der Waals surface area contributed by atoms with E-state index in [4.69, 9.17) is 5.73 Å². The zero-order valence-electron chi connectivity index (χ0n) is 8.72. The summed E-state index contributed by atoms with van der Waals surface area (Å²) in [7, 11) is 0. The Kier molecular flexibility index (Phi) is 2.57. The molecule has 0 aliphatic rings. The maximum Gasteiger partial charge on any atom is 0.145 e. The summed E-state index contributed by atoms with van der Waals surface area (Å²) in [5, 5.41) is 0.858. The van der Waals surface area contributed by atoms with Crippen LogP contribution in [-0.4, -0.2) is 9.97 Å². The molecule has 17 heavy (non-hydrogen) atoms. The van der Waals surface area contributed by atoms with Crippen molar-refractivity contribution >= 4 is 43.2 Å². The summed E-state index contributed by atoms with van der Waals surface area (Å²) in [6.07, 6.45) is 1.73. The standard InChI is InChI=1S/C12H8BrN3S/c13-7-3-4-9-10(6-7)17-12(16-9)11-8(14)2-1-5-15-11/h1-6H,14H2. The molecule has 0 radical (unpaired) electrons. The maximum absolute atomic E-state index is 5.90. The van der Waals surface area contributed by atoms with Crippen LogP contribution in [0.5, 0.6) is 0 Å². The van der Waals surface area contributed by atoms with Gasteiger partial charge in [0.25, 0.3) is 0 Å². The second-order valence-electron chi connectivity index (χ2n) is 3.57. The van der Waals surface area contributed by atoms with Gasteiger partial charge in [-0.1, -0.05) is 15.9 Å². The number of benzene rings is 1. The van der Waals surface area contributed by atoms with Crippen molar-refractivity contribution in [2.24, 2.45) is 0 Å². The normalized spacial score (nSPS) is 10.9. The molecule has 0 aliphatic heterocycles. The van der Waals surface area contributed by atoms with E-state index in [2.05, 4.69) is 32.0 Å². The predicted molar refractivity (Wildman–Crippen MR) is 75.0 cm³/mol. The molecule has 84 valence electrons. The predicted octanol–water partition coefficient (Wildman–Crippen LogP) is 3.70. The number of fused-ring (bicyclic) bond motifs is 1. The van der Waals surface area contributed by atoms with Crippen molar-refractivity contribution < 1.29 is 0 Å². The Morgan fingerprint density at radius 1 is 1.24 bits per heavy atom. The average Bonchev–Trinajstić information content (AvgIpc) is 2.72. The van der Waals surface area contributed by atoms with Gasteiger partial charge >= 0.3 is 0 Å². The third-order valence-corrected chi connectivity index (χ3v) is 3.91. The van der Waals surface area contributed by atoms with Gasteiger partial charge in [-0.25, -0.2) is 4.98 Å². The minimum atomic E-state index is 0.658. The van der Waals surface area contributed by atoms with Crippen LogP contribution in [0, 0.1) is 0 Å². The Bertz CT molecular complexity index is 693. The highest BCUT2D eigenvalue weighted by molar-refractivity contribution is 9.10. The maximum atomic E-state index is 5.90. The molecule has 3 rings (SSSR count). The molecule has 2 N–H and O–H groups in total. The number of hydrogen-bond acceptors (Lipinski definition) is 4. The highest BCUT2D eigenvalue weighted by Crippen LogP contribution is 2.32. The molecule has 5 heteroatoms. The summed E-state index contributed by atoms with van der Waals surface area (Å²) in [4.78, 5) is 8.82. The van der Waals surface area contributed by atoms with Crippen LogP contribution in [-0.2, 0) is 0 Å². The second-order valence-corrected chi connectivity index (χ2v) is 5.52. The first-order valence-corrected chi connectivity index (χ1v) is 6.62. The van der Waals surface area contributed by atoms with E-state index in [0.29, 0.717) is 5.69 Å². The van der Waals surface area contributed by atoms with Crippen molar-refractivity contribution in [3.8, 4) is 10.7 Å². The van der Waals surface area contributed by atoms with E-state index in [1.54, 1.807) is 17.5 Å². The molecular weight excluding hydrogens is 298 g/mol. The molecule has 0 amide bonds. The molecule has 0 atom stereocenters. The third kappa shape index (κ3) is 1.92. The summed E-state index contributed by atoms with van der Waals surface area (Å²) < 4.78 is 2.17. The molecule has 1 aromatic carbocycles. The van der Waals surface area contributed by atoms with Crippen LogP contribution in [0.15, 0.2) is 41.0 Å². The fourth-order valence-electron chi connectivity index (χ4n) is 1.60. The Balaban J connectivity index is 2.22. The number of hydrogen-bond donors (Lipinski definition) is 1. The summed E-state index contributed by atoms with van der Waals surface area (Å²) in [5.74, 6) is 0. The number of pyridine rings is 1. The first-order chi connectivity index (χ1) is 8.24. The van der Waals surface area contributed by atoms with E-state index in [1.807, 2.05) is 24.3 Å². The van der Waals surface area contributed by atoms with Gasteiger partial charge < -0.3 is 5.73 Å². The molecule has 3 nitrogen and oxygen atoms in total. The lowest BCUT2D eigenvalue weighted by molar-refractivity contribution is 1.31. The van der Waals surface area contributed by atoms with Gasteiger partial charge in [0, 0.05) is 10.7 Å². The van der Waals surface area contributed by atoms with Crippen LogP contribution in [0.4, 0.5) is 5.69 Å². The molecule has 3 aromatic rings. The number of rotatable bonds is 1. The zero-order chi connectivity index (χ0) is 11.8. The number of nitrogens with two attached hydrogens (primary N) is 1. The number of halogens is 1. The van der Waals surface area contributed by atoms with E-state index in [1.165, 1.54) is 0 Å². The lowest BCUT2D eigenvalue weighted by atomic mass is 10.3. The number of nitrogen functional groups attached to an aromatic ring is 1. The molecule has 0 saturated heterocycles. The van der Waals surface area contributed by atoms with Crippen LogP contribution < -0.4 is 5.73 Å². The fourth-order valence-corrected chi connectivity index (χ4v) is 3.13. The molecule has 0 saturated carbocycles. The second kappa shape index (κ2) is 4.09. The van der Waals surface area contributed by atoms with Gasteiger partial charge in [-0.05, 0) is 30.3 Å². The highest BCUT2D eigenvalue weighted by Gasteiger charge is 2.10. The van der Waals surface area contributed by atoms with Gasteiger partial charge in [0.2, 0.25) is 0 Å². The van der Waals surface area contributed by atoms with Gasteiger partial charge in [-0.3, -0.25) is 4.98 Å². The van der Waals surface area contributed by atoms with Crippen molar-refractivity contribution in [3.63, 3.8) is 0 Å². The lowest BCUT2D eigenvalue weighted by Crippen LogP contribution is -1.91. The van der Waals surface area contributed by atoms with Crippen LogP contribution in [0.1, 0.15) is 0 Å². The molecule has 2 heterocycles. The van der Waals surface area contributed by atoms with Crippen LogP contribution in [0.25, 0.3) is 20.9 Å². The number of aromatic nitrogens is 2. The molecule has 0 spiro atoms. The van der Waals surface area contributed by atoms with E-state index in [0.717, 1.165) is 25.4 Å². The number of anilines is 1. The summed E-state index contributed by atoms with van der Waals surface area (Å²) >= 11 is 5.05. The van der Waals surface area contributed by atoms with E-state index < -0.39 is 0 Å². The van der Waals surface area contributed by atoms with E-state index in [-0.39, 0.29) is 0 Å². The van der Waals surface area contributed by atoms with E-state index in [9.17, 15) is 0 Å². The molecule has 0 bridgehead atoms. The monoisotopic (exact) mass is 305 g/mol. The first kappa shape index (κ1) is 10.7. The number of nitrogens with zero attached hydrogens (tertiary/aromatic N) is 2. The summed E-state index contributed by atoms with van der Waals surface area (Å²) in [6, 6.07) is 9.68. The Morgan fingerprint density at radius 3 is 2.94 bits per heavy atom. The molecule has 2 aromatic heterocycles. The van der Waals surface area contributed by atoms with Gasteiger partial charge in [-0.15, -0.1) is 11.3 Å². The van der Waals surface area contributed by atoms with Crippen molar-refractivity contribution in [2.45, 2.75) is 0 Å². The minimum Gasteiger partial charge on any atom is -0.397 e. The van der Waals surface area contributed by atoms with Crippen LogP contribution in [0.2, 0.25) is 0 Å². The van der Waals surface area contributed by atoms with E-state index >= 15 is 0 Å². The smallest absolute Gasteiger partial charge is 0.145 e. The third-order valence-electron chi connectivity index (χ3n) is 2.39. The van der Waals surface area contributed by atoms with Crippen LogP contribution in [0.3, 0.4) is 0 Å². The molecular formula is C12H8BrN3S. The fraction of sp³-hybridized carbons (Fsp3) is 0. The zero-order valence-corrected chi connectivity index (χ0v) is 11.1.